The molecule has 4 aliphatic heterocycles. The number of ether oxygens (including phenoxy) is 1. The Morgan fingerprint density at radius 2 is 1.64 bits per heavy atom. The molecule has 1 unspecified atom stereocenters. The number of amides is 3. The zero-order valence-electron chi connectivity index (χ0n) is 30.7. The SMILES string of the molecule is O=C1CCC(N2Cc3cc(N4CCN(CC5CCN(c6ccc(Oc7c(-c8ccc(Br)cc8)sc8cc(O)ccc78)cc6F)CC5)CC4)ccc3C2=O)C(=O)N1. The first kappa shape index (κ1) is 36.6. The summed E-state index contributed by atoms with van der Waals surface area (Å²) >= 11 is 5.03. The largest absolute Gasteiger partial charge is 0.508 e. The minimum absolute atomic E-state index is 0.150. The number of piperidine rings is 2. The standard InChI is InChI=1S/C43H41BrFN5O5S/c44-29-3-1-27(2-4-29)41-40(34-9-6-31(51)22-38(34)56-41)55-32-7-10-36(35(45)23-32)49-15-13-26(14-16-49)24-47-17-19-48(20-18-47)30-5-8-33-28(21-30)25-50(43(33)54)37-11-12-39(52)46-42(37)53/h1-10,21-23,26,37,51H,11-20,24-25H2,(H,46,52,53). The molecule has 0 saturated carbocycles. The molecule has 3 saturated heterocycles. The van der Waals surface area contributed by atoms with E-state index in [2.05, 4.69) is 42.0 Å². The van der Waals surface area contributed by atoms with Crippen molar-refractivity contribution in [1.29, 1.82) is 0 Å². The van der Waals surface area contributed by atoms with Gasteiger partial charge in [0, 0.05) is 90.7 Å². The first-order chi connectivity index (χ1) is 27.2. The number of aromatic hydroxyl groups is 1. The molecular formula is C43H41BrFN5O5S. The molecule has 2 N–H and O–H groups in total. The molecule has 1 aromatic heterocycles. The van der Waals surface area contributed by atoms with Crippen LogP contribution in [-0.2, 0) is 16.1 Å². The van der Waals surface area contributed by atoms with Gasteiger partial charge in [-0.3, -0.25) is 24.6 Å². The number of imide groups is 1. The van der Waals surface area contributed by atoms with Gasteiger partial charge in [0.1, 0.15) is 23.4 Å². The van der Waals surface area contributed by atoms with Gasteiger partial charge in [-0.1, -0.05) is 28.1 Å². The van der Waals surface area contributed by atoms with Crippen LogP contribution in [0.25, 0.3) is 20.5 Å². The van der Waals surface area contributed by atoms with E-state index in [0.717, 1.165) is 94.9 Å². The summed E-state index contributed by atoms with van der Waals surface area (Å²) in [5.41, 5.74) is 4.21. The van der Waals surface area contributed by atoms with Gasteiger partial charge < -0.3 is 24.5 Å². The molecule has 0 aliphatic carbocycles. The maximum atomic E-state index is 15.8. The summed E-state index contributed by atoms with van der Waals surface area (Å²) < 4.78 is 24.0. The van der Waals surface area contributed by atoms with Gasteiger partial charge >= 0.3 is 0 Å². The minimum atomic E-state index is -0.612. The number of phenols is 1. The Bertz CT molecular complexity index is 2340. The van der Waals surface area contributed by atoms with Crippen molar-refractivity contribution in [2.75, 3.05) is 55.6 Å². The van der Waals surface area contributed by atoms with Gasteiger partial charge in [-0.25, -0.2) is 4.39 Å². The number of anilines is 2. The number of carbonyl (C=O) groups excluding carboxylic acids is 3. The number of rotatable bonds is 8. The quantitative estimate of drug-likeness (QED) is 0.153. The molecule has 1 atom stereocenters. The topological polar surface area (TPSA) is 106 Å². The van der Waals surface area contributed by atoms with E-state index in [-0.39, 0.29) is 29.8 Å². The van der Waals surface area contributed by atoms with Crippen LogP contribution in [-0.4, -0.2) is 84.5 Å². The molecular weight excluding hydrogens is 797 g/mol. The summed E-state index contributed by atoms with van der Waals surface area (Å²) in [6.45, 7) is 6.63. The third-order valence-corrected chi connectivity index (χ3v) is 13.3. The van der Waals surface area contributed by atoms with E-state index in [0.29, 0.717) is 41.6 Å². The highest BCUT2D eigenvalue weighted by Gasteiger charge is 2.39. The van der Waals surface area contributed by atoms with E-state index in [1.807, 2.05) is 54.6 Å². The predicted molar refractivity (Wildman–Crippen MR) is 219 cm³/mol. The van der Waals surface area contributed by atoms with E-state index >= 15 is 4.39 Å². The minimum Gasteiger partial charge on any atom is -0.508 e. The summed E-state index contributed by atoms with van der Waals surface area (Å²) in [5.74, 6) is 0.655. The third-order valence-electron chi connectivity index (χ3n) is 11.6. The highest BCUT2D eigenvalue weighted by Crippen LogP contribution is 2.47. The molecule has 4 aliphatic rings. The summed E-state index contributed by atoms with van der Waals surface area (Å²) in [6, 6.07) is 23.7. The van der Waals surface area contributed by atoms with E-state index in [9.17, 15) is 19.5 Å². The van der Waals surface area contributed by atoms with E-state index < -0.39 is 11.9 Å². The highest BCUT2D eigenvalue weighted by atomic mass is 79.9. The lowest BCUT2D eigenvalue weighted by Crippen LogP contribution is -2.52. The summed E-state index contributed by atoms with van der Waals surface area (Å²) in [6.07, 6.45) is 2.58. The Kier molecular flexibility index (Phi) is 9.93. The molecule has 0 bridgehead atoms. The number of benzene rings is 4. The molecule has 288 valence electrons. The Labute approximate surface area is 336 Å². The monoisotopic (exact) mass is 837 g/mol. The van der Waals surface area contributed by atoms with Crippen LogP contribution in [0.4, 0.5) is 15.8 Å². The molecule has 9 rings (SSSR count). The van der Waals surface area contributed by atoms with Gasteiger partial charge in [0.2, 0.25) is 11.8 Å². The van der Waals surface area contributed by atoms with E-state index in [1.54, 1.807) is 17.0 Å². The number of piperazine rings is 1. The Morgan fingerprint density at radius 3 is 2.39 bits per heavy atom. The number of hydrogen-bond acceptors (Lipinski definition) is 9. The van der Waals surface area contributed by atoms with Crippen molar-refractivity contribution in [2.45, 2.75) is 38.3 Å². The zero-order chi connectivity index (χ0) is 38.5. The number of halogens is 2. The molecule has 10 nitrogen and oxygen atoms in total. The average Bonchev–Trinajstić information content (AvgIpc) is 3.71. The molecule has 3 amide bonds. The third kappa shape index (κ3) is 7.23. The lowest BCUT2D eigenvalue weighted by atomic mass is 9.95. The number of phenolic OH excluding ortho intramolecular Hbond substituents is 1. The molecule has 56 heavy (non-hydrogen) atoms. The van der Waals surface area contributed by atoms with Gasteiger partial charge in [0.15, 0.2) is 5.75 Å². The van der Waals surface area contributed by atoms with Crippen LogP contribution in [0.2, 0.25) is 0 Å². The molecule has 3 fully saturated rings. The summed E-state index contributed by atoms with van der Waals surface area (Å²) in [4.78, 5) is 46.8. The normalized spacial score (nSPS) is 19.5. The predicted octanol–water partition coefficient (Wildman–Crippen LogP) is 7.77. The fourth-order valence-corrected chi connectivity index (χ4v) is 9.98. The first-order valence-corrected chi connectivity index (χ1v) is 20.8. The molecule has 5 aromatic rings. The number of thiophene rings is 1. The molecule has 0 radical (unpaired) electrons. The summed E-state index contributed by atoms with van der Waals surface area (Å²) in [7, 11) is 0. The lowest BCUT2D eigenvalue weighted by Gasteiger charge is -2.40. The van der Waals surface area contributed by atoms with Crippen molar-refractivity contribution < 1.29 is 28.6 Å². The fraction of sp³-hybridized carbons (Fsp3) is 0.326. The van der Waals surface area contributed by atoms with Crippen LogP contribution in [0.5, 0.6) is 17.2 Å². The van der Waals surface area contributed by atoms with Crippen LogP contribution in [0.15, 0.2) is 83.3 Å². The number of carbonyl (C=O) groups is 3. The number of fused-ring (bicyclic) bond motifs is 2. The van der Waals surface area contributed by atoms with Gasteiger partial charge in [-0.05, 0) is 97.0 Å². The van der Waals surface area contributed by atoms with Crippen LogP contribution in [0, 0.1) is 11.7 Å². The van der Waals surface area contributed by atoms with Crippen molar-refractivity contribution >= 4 is 66.4 Å². The van der Waals surface area contributed by atoms with E-state index in [1.165, 1.54) is 17.4 Å². The van der Waals surface area contributed by atoms with Gasteiger partial charge in [-0.2, -0.15) is 0 Å². The van der Waals surface area contributed by atoms with Crippen molar-refractivity contribution in [2.24, 2.45) is 5.92 Å². The first-order valence-electron chi connectivity index (χ1n) is 19.2. The second-order valence-corrected chi connectivity index (χ2v) is 17.1. The molecule has 4 aromatic carbocycles. The lowest BCUT2D eigenvalue weighted by molar-refractivity contribution is -0.136. The molecule has 13 heteroatoms. The van der Waals surface area contributed by atoms with Crippen molar-refractivity contribution in [3.63, 3.8) is 0 Å². The summed E-state index contributed by atoms with van der Waals surface area (Å²) in [5, 5.41) is 13.3. The van der Waals surface area contributed by atoms with Gasteiger partial charge in [0.25, 0.3) is 5.91 Å². The Morgan fingerprint density at radius 1 is 0.857 bits per heavy atom. The molecule has 5 heterocycles. The molecule has 0 spiro atoms. The Hall–Kier alpha value is -4.98. The smallest absolute Gasteiger partial charge is 0.255 e. The van der Waals surface area contributed by atoms with Gasteiger partial charge in [0.05, 0.1) is 10.6 Å². The maximum Gasteiger partial charge on any atom is 0.255 e. The Balaban J connectivity index is 0.783. The van der Waals surface area contributed by atoms with Crippen molar-refractivity contribution in [3.05, 3.63) is 100 Å². The second-order valence-electron chi connectivity index (χ2n) is 15.1. The maximum absolute atomic E-state index is 15.8. The number of nitrogens with zero attached hydrogens (tertiary/aromatic N) is 4. The fourth-order valence-electron chi connectivity index (χ4n) is 8.55. The van der Waals surface area contributed by atoms with Crippen LogP contribution >= 0.6 is 27.3 Å². The number of hydrogen-bond donors (Lipinski definition) is 2. The zero-order valence-corrected chi connectivity index (χ0v) is 33.1. The average molecular weight is 839 g/mol. The van der Waals surface area contributed by atoms with Crippen LogP contribution in [0.1, 0.15) is 41.6 Å². The highest BCUT2D eigenvalue weighted by molar-refractivity contribution is 9.10. The number of nitrogens with one attached hydrogen (secondary N) is 1. The van der Waals surface area contributed by atoms with Crippen molar-refractivity contribution in [1.82, 2.24) is 15.1 Å². The van der Waals surface area contributed by atoms with Gasteiger partial charge in [-0.15, -0.1) is 11.3 Å². The second kappa shape index (κ2) is 15.2. The van der Waals surface area contributed by atoms with E-state index in [4.69, 9.17) is 4.74 Å². The van der Waals surface area contributed by atoms with Crippen molar-refractivity contribution in [3.8, 4) is 27.7 Å². The van der Waals surface area contributed by atoms with Crippen LogP contribution < -0.4 is 19.9 Å². The van der Waals surface area contributed by atoms with Crippen LogP contribution in [0.3, 0.4) is 0 Å².